The van der Waals surface area contributed by atoms with E-state index < -0.39 is 17.9 Å². The van der Waals surface area contributed by atoms with Crippen molar-refractivity contribution in [2.24, 2.45) is 5.92 Å². The van der Waals surface area contributed by atoms with Gasteiger partial charge in [0.05, 0.1) is 13.2 Å². The molecular weight excluding hydrogens is 287 g/mol. The Morgan fingerprint density at radius 2 is 1.55 bits per heavy atom. The lowest BCUT2D eigenvalue weighted by atomic mass is 9.99. The zero-order valence-electron chi connectivity index (χ0n) is 13.1. The summed E-state index contributed by atoms with van der Waals surface area (Å²) < 4.78 is 22.6. The molecule has 0 aliphatic carbocycles. The van der Waals surface area contributed by atoms with Crippen LogP contribution in [0.4, 0.5) is 4.39 Å². The third-order valence-corrected chi connectivity index (χ3v) is 3.26. The molecule has 0 spiro atoms. The molecule has 0 saturated carbocycles. The number of aryl methyl sites for hydroxylation is 1. The molecule has 122 valence electrons. The van der Waals surface area contributed by atoms with Gasteiger partial charge < -0.3 is 9.47 Å². The number of ether oxygens (including phenoxy) is 2. The third-order valence-electron chi connectivity index (χ3n) is 3.26. The van der Waals surface area contributed by atoms with Gasteiger partial charge in [0.15, 0.2) is 5.92 Å². The van der Waals surface area contributed by atoms with Gasteiger partial charge in [0.2, 0.25) is 0 Å². The average Bonchev–Trinajstić information content (AvgIpc) is 2.49. The standard InChI is InChI=1S/C17H23FO4/c1-3-21-16(19)15(17(20)22-4-2)8-6-5-7-13-9-11-14(18)12-10-13/h9-12,15H,3-8H2,1-2H3. The van der Waals surface area contributed by atoms with Crippen LogP contribution < -0.4 is 0 Å². The van der Waals surface area contributed by atoms with Crippen molar-refractivity contribution < 1.29 is 23.5 Å². The van der Waals surface area contributed by atoms with E-state index >= 15 is 0 Å². The Morgan fingerprint density at radius 3 is 2.05 bits per heavy atom. The molecule has 1 aromatic carbocycles. The van der Waals surface area contributed by atoms with Crippen molar-refractivity contribution in [2.75, 3.05) is 13.2 Å². The van der Waals surface area contributed by atoms with Crippen LogP contribution in [-0.4, -0.2) is 25.2 Å². The molecule has 5 heteroatoms. The summed E-state index contributed by atoms with van der Waals surface area (Å²) in [5.74, 6) is -2.16. The Kier molecular flexibility index (Phi) is 8.18. The van der Waals surface area contributed by atoms with E-state index in [1.54, 1.807) is 26.0 Å². The molecule has 0 aliphatic heterocycles. The predicted molar refractivity (Wildman–Crippen MR) is 80.7 cm³/mol. The van der Waals surface area contributed by atoms with Crippen LogP contribution in [0.15, 0.2) is 24.3 Å². The minimum atomic E-state index is -0.854. The predicted octanol–water partition coefficient (Wildman–Crippen LogP) is 3.28. The molecule has 0 amide bonds. The first-order valence-corrected chi connectivity index (χ1v) is 7.66. The highest BCUT2D eigenvalue weighted by Crippen LogP contribution is 2.15. The third kappa shape index (κ3) is 6.24. The van der Waals surface area contributed by atoms with Crippen LogP contribution in [0, 0.1) is 11.7 Å². The molecule has 0 fully saturated rings. The van der Waals surface area contributed by atoms with Gasteiger partial charge in [-0.15, -0.1) is 0 Å². The van der Waals surface area contributed by atoms with E-state index in [9.17, 15) is 14.0 Å². The molecule has 0 aliphatic rings. The SMILES string of the molecule is CCOC(=O)C(CCCCc1ccc(F)cc1)C(=O)OCC. The van der Waals surface area contributed by atoms with Crippen LogP contribution in [0.1, 0.15) is 38.7 Å². The van der Waals surface area contributed by atoms with E-state index in [4.69, 9.17) is 9.47 Å². The van der Waals surface area contributed by atoms with Crippen LogP contribution in [0.25, 0.3) is 0 Å². The van der Waals surface area contributed by atoms with Crippen LogP contribution in [-0.2, 0) is 25.5 Å². The topological polar surface area (TPSA) is 52.6 Å². The summed E-state index contributed by atoms with van der Waals surface area (Å²) >= 11 is 0. The fraction of sp³-hybridized carbons (Fsp3) is 0.529. The van der Waals surface area contributed by atoms with E-state index in [2.05, 4.69) is 0 Å². The zero-order chi connectivity index (χ0) is 16.4. The molecule has 0 radical (unpaired) electrons. The fourth-order valence-corrected chi connectivity index (χ4v) is 2.15. The van der Waals surface area contributed by atoms with Crippen molar-refractivity contribution >= 4 is 11.9 Å². The van der Waals surface area contributed by atoms with Gasteiger partial charge in [-0.05, 0) is 50.8 Å². The zero-order valence-corrected chi connectivity index (χ0v) is 13.1. The molecule has 1 aromatic rings. The van der Waals surface area contributed by atoms with E-state index in [1.165, 1.54) is 12.1 Å². The highest BCUT2D eigenvalue weighted by Gasteiger charge is 2.28. The second-order valence-electron chi connectivity index (χ2n) is 4.93. The van der Waals surface area contributed by atoms with Gasteiger partial charge in [0, 0.05) is 0 Å². The molecule has 0 N–H and O–H groups in total. The van der Waals surface area contributed by atoms with Crippen LogP contribution in [0.3, 0.4) is 0 Å². The van der Waals surface area contributed by atoms with Gasteiger partial charge in [0.1, 0.15) is 5.82 Å². The maximum Gasteiger partial charge on any atom is 0.320 e. The summed E-state index contributed by atoms with van der Waals surface area (Å²) in [7, 11) is 0. The van der Waals surface area contributed by atoms with Gasteiger partial charge in [-0.2, -0.15) is 0 Å². The molecule has 0 unspecified atom stereocenters. The first kappa shape index (κ1) is 18.1. The summed E-state index contributed by atoms with van der Waals surface area (Å²) in [6.45, 7) is 3.89. The van der Waals surface area contributed by atoms with Gasteiger partial charge >= 0.3 is 11.9 Å². The minimum absolute atomic E-state index is 0.240. The van der Waals surface area contributed by atoms with Gasteiger partial charge in [-0.3, -0.25) is 9.59 Å². The van der Waals surface area contributed by atoms with E-state index in [0.717, 1.165) is 18.4 Å². The van der Waals surface area contributed by atoms with Crippen LogP contribution >= 0.6 is 0 Å². The first-order valence-electron chi connectivity index (χ1n) is 7.66. The number of halogens is 1. The number of benzene rings is 1. The first-order chi connectivity index (χ1) is 10.6. The molecule has 22 heavy (non-hydrogen) atoms. The van der Waals surface area contributed by atoms with E-state index in [1.807, 2.05) is 0 Å². The van der Waals surface area contributed by atoms with Gasteiger partial charge in [-0.25, -0.2) is 4.39 Å². The van der Waals surface area contributed by atoms with Crippen molar-refractivity contribution in [2.45, 2.75) is 39.5 Å². The van der Waals surface area contributed by atoms with Crippen LogP contribution in [0.5, 0.6) is 0 Å². The Morgan fingerprint density at radius 1 is 1.00 bits per heavy atom. The Bertz CT molecular complexity index is 452. The van der Waals surface area contributed by atoms with Crippen molar-refractivity contribution in [3.8, 4) is 0 Å². The minimum Gasteiger partial charge on any atom is -0.465 e. The van der Waals surface area contributed by atoms with Gasteiger partial charge in [-0.1, -0.05) is 18.6 Å². The Balaban J connectivity index is 2.43. The number of rotatable bonds is 9. The molecule has 0 saturated heterocycles. The lowest BCUT2D eigenvalue weighted by Crippen LogP contribution is -2.28. The Hall–Kier alpha value is -1.91. The number of carbonyl (C=O) groups is 2. The highest BCUT2D eigenvalue weighted by atomic mass is 19.1. The molecule has 0 atom stereocenters. The molecule has 4 nitrogen and oxygen atoms in total. The number of hydrogen-bond donors (Lipinski definition) is 0. The van der Waals surface area contributed by atoms with Crippen molar-refractivity contribution in [3.05, 3.63) is 35.6 Å². The van der Waals surface area contributed by atoms with Crippen molar-refractivity contribution in [1.82, 2.24) is 0 Å². The summed E-state index contributed by atoms with van der Waals surface area (Å²) in [6.07, 6.45) is 2.68. The number of unbranched alkanes of at least 4 members (excludes halogenated alkanes) is 1. The normalized spacial score (nSPS) is 10.5. The summed E-state index contributed by atoms with van der Waals surface area (Å²) in [6, 6.07) is 6.33. The summed E-state index contributed by atoms with van der Waals surface area (Å²) in [4.78, 5) is 23.6. The molecular formula is C17H23FO4. The van der Waals surface area contributed by atoms with E-state index in [0.29, 0.717) is 12.8 Å². The lowest BCUT2D eigenvalue weighted by molar-refractivity contribution is -0.161. The van der Waals surface area contributed by atoms with Crippen molar-refractivity contribution in [1.29, 1.82) is 0 Å². The number of hydrogen-bond acceptors (Lipinski definition) is 4. The quantitative estimate of drug-likeness (QED) is 0.399. The number of esters is 2. The molecule has 0 heterocycles. The van der Waals surface area contributed by atoms with Gasteiger partial charge in [0.25, 0.3) is 0 Å². The van der Waals surface area contributed by atoms with Crippen molar-refractivity contribution in [3.63, 3.8) is 0 Å². The summed E-state index contributed by atoms with van der Waals surface area (Å²) in [5, 5.41) is 0. The molecule has 1 rings (SSSR count). The van der Waals surface area contributed by atoms with Crippen LogP contribution in [0.2, 0.25) is 0 Å². The lowest BCUT2D eigenvalue weighted by Gasteiger charge is -2.14. The second-order valence-corrected chi connectivity index (χ2v) is 4.93. The number of carbonyl (C=O) groups excluding carboxylic acids is 2. The maximum atomic E-state index is 12.8. The average molecular weight is 310 g/mol. The maximum absolute atomic E-state index is 12.8. The Labute approximate surface area is 130 Å². The van der Waals surface area contributed by atoms with E-state index in [-0.39, 0.29) is 19.0 Å². The monoisotopic (exact) mass is 310 g/mol. The second kappa shape index (κ2) is 9.92. The summed E-state index contributed by atoms with van der Waals surface area (Å²) in [5.41, 5.74) is 1.03. The fourth-order valence-electron chi connectivity index (χ4n) is 2.15. The largest absolute Gasteiger partial charge is 0.465 e. The smallest absolute Gasteiger partial charge is 0.320 e. The molecule has 0 aromatic heterocycles. The molecule has 0 bridgehead atoms. The highest BCUT2D eigenvalue weighted by molar-refractivity contribution is 5.94.